The van der Waals surface area contributed by atoms with Crippen LogP contribution in [0.1, 0.15) is 24.3 Å². The fraction of sp³-hybridized carbons (Fsp3) is 0.211. The van der Waals surface area contributed by atoms with Crippen LogP contribution in [-0.4, -0.2) is 16.1 Å². The summed E-state index contributed by atoms with van der Waals surface area (Å²) in [6.45, 7) is -0.0337. The van der Waals surface area contributed by atoms with Gasteiger partial charge in [-0.15, -0.1) is 0 Å². The molecule has 5 nitrogen and oxygen atoms in total. The molecule has 0 radical (unpaired) electrons. The van der Waals surface area contributed by atoms with Gasteiger partial charge in [0, 0.05) is 10.6 Å². The van der Waals surface area contributed by atoms with E-state index in [1.54, 1.807) is 12.1 Å². The summed E-state index contributed by atoms with van der Waals surface area (Å²) in [5, 5.41) is 4.56. The van der Waals surface area contributed by atoms with Crippen LogP contribution in [0.3, 0.4) is 0 Å². The van der Waals surface area contributed by atoms with Gasteiger partial charge in [0.15, 0.2) is 6.61 Å². The van der Waals surface area contributed by atoms with Gasteiger partial charge in [-0.05, 0) is 30.5 Å². The molecule has 1 aromatic heterocycles. The van der Waals surface area contributed by atoms with Crippen LogP contribution < -0.4 is 0 Å². The lowest BCUT2D eigenvalue weighted by Gasteiger charge is -2.14. The van der Waals surface area contributed by atoms with Gasteiger partial charge in [-0.3, -0.25) is 4.79 Å². The molecule has 1 saturated carbocycles. The Bertz CT molecular complexity index is 887. The Labute approximate surface area is 149 Å². The van der Waals surface area contributed by atoms with Crippen LogP contribution >= 0.6 is 11.6 Å². The second-order valence-corrected chi connectivity index (χ2v) is 6.48. The third-order valence-corrected chi connectivity index (χ3v) is 4.62. The van der Waals surface area contributed by atoms with E-state index < -0.39 is 5.41 Å². The van der Waals surface area contributed by atoms with Gasteiger partial charge in [-0.25, -0.2) is 0 Å². The third-order valence-electron chi connectivity index (χ3n) is 4.36. The van der Waals surface area contributed by atoms with Gasteiger partial charge < -0.3 is 9.26 Å². The first kappa shape index (κ1) is 15.8. The minimum atomic E-state index is -0.563. The number of benzene rings is 2. The number of halogens is 1. The van der Waals surface area contributed by atoms with E-state index in [0.717, 1.165) is 24.0 Å². The molecule has 0 bridgehead atoms. The van der Waals surface area contributed by atoms with Crippen LogP contribution in [0.25, 0.3) is 11.4 Å². The molecule has 0 atom stereocenters. The molecule has 1 aliphatic rings. The lowest BCUT2D eigenvalue weighted by atomic mass is 9.96. The van der Waals surface area contributed by atoms with Gasteiger partial charge in [0.25, 0.3) is 5.89 Å². The van der Waals surface area contributed by atoms with Crippen molar-refractivity contribution in [1.29, 1.82) is 0 Å². The highest BCUT2D eigenvalue weighted by Gasteiger charge is 2.52. The zero-order chi connectivity index (χ0) is 17.3. The quantitative estimate of drug-likeness (QED) is 0.643. The van der Waals surface area contributed by atoms with Crippen molar-refractivity contribution in [3.63, 3.8) is 0 Å². The zero-order valence-corrected chi connectivity index (χ0v) is 14.1. The van der Waals surface area contributed by atoms with Crippen molar-refractivity contribution in [3.8, 4) is 11.4 Å². The molecule has 0 aliphatic heterocycles. The number of hydrogen-bond acceptors (Lipinski definition) is 5. The number of esters is 1. The first-order chi connectivity index (χ1) is 12.2. The number of ether oxygens (including phenoxy) is 1. The number of rotatable bonds is 5. The van der Waals surface area contributed by atoms with Crippen molar-refractivity contribution in [1.82, 2.24) is 10.1 Å². The summed E-state index contributed by atoms with van der Waals surface area (Å²) >= 11 is 5.91. The average Bonchev–Trinajstić information content (AvgIpc) is 3.32. The van der Waals surface area contributed by atoms with Crippen LogP contribution in [0.2, 0.25) is 5.02 Å². The van der Waals surface area contributed by atoms with E-state index in [0.29, 0.717) is 10.8 Å². The third kappa shape index (κ3) is 3.15. The topological polar surface area (TPSA) is 65.2 Å². The predicted molar refractivity (Wildman–Crippen MR) is 91.9 cm³/mol. The molecule has 4 rings (SSSR count). The van der Waals surface area contributed by atoms with E-state index in [4.69, 9.17) is 20.9 Å². The highest BCUT2D eigenvalue weighted by atomic mass is 35.5. The van der Waals surface area contributed by atoms with Crippen LogP contribution in [0.15, 0.2) is 59.1 Å². The summed E-state index contributed by atoms with van der Waals surface area (Å²) in [5.41, 5.74) is 1.22. The van der Waals surface area contributed by atoms with Gasteiger partial charge in [-0.2, -0.15) is 4.98 Å². The molecule has 25 heavy (non-hydrogen) atoms. The predicted octanol–water partition coefficient (Wildman–Crippen LogP) is 4.17. The van der Waals surface area contributed by atoms with E-state index in [2.05, 4.69) is 10.1 Å². The van der Waals surface area contributed by atoms with Crippen molar-refractivity contribution in [2.45, 2.75) is 24.9 Å². The lowest BCUT2D eigenvalue weighted by Crippen LogP contribution is -2.23. The Balaban J connectivity index is 1.43. The van der Waals surface area contributed by atoms with E-state index in [1.165, 1.54) is 0 Å². The van der Waals surface area contributed by atoms with Gasteiger partial charge >= 0.3 is 5.97 Å². The first-order valence-corrected chi connectivity index (χ1v) is 8.36. The van der Waals surface area contributed by atoms with Crippen molar-refractivity contribution < 1.29 is 14.1 Å². The molecule has 1 heterocycles. The summed E-state index contributed by atoms with van der Waals surface area (Å²) in [7, 11) is 0. The van der Waals surface area contributed by atoms with Gasteiger partial charge in [0.1, 0.15) is 0 Å². The highest BCUT2D eigenvalue weighted by molar-refractivity contribution is 6.30. The number of carbonyl (C=O) groups excluding carboxylic acids is 1. The molecule has 126 valence electrons. The standard InChI is InChI=1S/C19H15ClN2O3/c20-15-8-6-14(7-9-15)19(10-11-19)18(23)24-12-16-21-17(22-25-16)13-4-2-1-3-5-13/h1-9H,10-12H2. The van der Waals surface area contributed by atoms with Gasteiger partial charge in [0.2, 0.25) is 5.82 Å². The molecule has 0 saturated heterocycles. The number of hydrogen-bond donors (Lipinski definition) is 0. The van der Waals surface area contributed by atoms with Crippen LogP contribution in [0.4, 0.5) is 0 Å². The normalized spacial score (nSPS) is 14.9. The van der Waals surface area contributed by atoms with E-state index in [1.807, 2.05) is 42.5 Å². The number of aromatic nitrogens is 2. The Morgan fingerprint density at radius 1 is 1.12 bits per heavy atom. The van der Waals surface area contributed by atoms with Gasteiger partial charge in [0.05, 0.1) is 5.41 Å². The van der Waals surface area contributed by atoms with Crippen molar-refractivity contribution in [2.75, 3.05) is 0 Å². The summed E-state index contributed by atoms with van der Waals surface area (Å²) in [6, 6.07) is 16.8. The molecule has 3 aromatic rings. The molecule has 2 aromatic carbocycles. The maximum Gasteiger partial charge on any atom is 0.317 e. The Morgan fingerprint density at radius 3 is 2.52 bits per heavy atom. The molecule has 1 fully saturated rings. The van der Waals surface area contributed by atoms with Crippen LogP contribution in [-0.2, 0) is 21.6 Å². The molecule has 0 N–H and O–H groups in total. The van der Waals surface area contributed by atoms with Crippen molar-refractivity contribution in [3.05, 3.63) is 71.1 Å². The smallest absolute Gasteiger partial charge is 0.317 e. The van der Waals surface area contributed by atoms with Crippen LogP contribution in [0.5, 0.6) is 0 Å². The second-order valence-electron chi connectivity index (χ2n) is 6.04. The van der Waals surface area contributed by atoms with Crippen molar-refractivity contribution in [2.24, 2.45) is 0 Å². The molecule has 0 unspecified atom stereocenters. The Kier molecular flexibility index (Phi) is 4.01. The minimum Gasteiger partial charge on any atom is -0.455 e. The minimum absolute atomic E-state index is 0.0337. The average molecular weight is 355 g/mol. The van der Waals surface area contributed by atoms with Crippen molar-refractivity contribution >= 4 is 17.6 Å². The summed E-state index contributed by atoms with van der Waals surface area (Å²) in [6.07, 6.45) is 1.54. The fourth-order valence-electron chi connectivity index (χ4n) is 2.79. The summed E-state index contributed by atoms with van der Waals surface area (Å²) < 4.78 is 10.6. The van der Waals surface area contributed by atoms with Crippen LogP contribution in [0, 0.1) is 0 Å². The zero-order valence-electron chi connectivity index (χ0n) is 13.3. The molecular weight excluding hydrogens is 340 g/mol. The van der Waals surface area contributed by atoms with E-state index in [9.17, 15) is 4.79 Å². The number of nitrogens with zero attached hydrogens (tertiary/aromatic N) is 2. The highest BCUT2D eigenvalue weighted by Crippen LogP contribution is 2.49. The summed E-state index contributed by atoms with van der Waals surface area (Å²) in [5.74, 6) is 0.485. The Morgan fingerprint density at radius 2 is 1.84 bits per heavy atom. The molecule has 1 aliphatic carbocycles. The van der Waals surface area contributed by atoms with E-state index in [-0.39, 0.29) is 18.5 Å². The Hall–Kier alpha value is -2.66. The van der Waals surface area contributed by atoms with E-state index >= 15 is 0 Å². The molecule has 0 amide bonds. The monoisotopic (exact) mass is 354 g/mol. The molecule has 6 heteroatoms. The molecule has 0 spiro atoms. The lowest BCUT2D eigenvalue weighted by molar-refractivity contribution is -0.148. The number of carbonyl (C=O) groups is 1. The largest absolute Gasteiger partial charge is 0.455 e. The second kappa shape index (κ2) is 6.33. The van der Waals surface area contributed by atoms with Gasteiger partial charge in [-0.1, -0.05) is 59.2 Å². The fourth-order valence-corrected chi connectivity index (χ4v) is 2.91. The maximum atomic E-state index is 12.5. The first-order valence-electron chi connectivity index (χ1n) is 7.99. The summed E-state index contributed by atoms with van der Waals surface area (Å²) in [4.78, 5) is 16.8. The SMILES string of the molecule is O=C(OCc1nc(-c2ccccc2)no1)C1(c2ccc(Cl)cc2)CC1. The molecular formula is C19H15ClN2O3. The maximum absolute atomic E-state index is 12.5.